The zero-order chi connectivity index (χ0) is 11.1. The second-order valence-electron chi connectivity index (χ2n) is 4.82. The Hall–Kier alpha value is -0.120. The van der Waals surface area contributed by atoms with Crippen LogP contribution in [-0.2, 0) is 0 Å². The van der Waals surface area contributed by atoms with E-state index in [1.807, 2.05) is 7.05 Å². The lowest BCUT2D eigenvalue weighted by atomic mass is 10.1. The van der Waals surface area contributed by atoms with E-state index in [-0.39, 0.29) is 0 Å². The van der Waals surface area contributed by atoms with Crippen molar-refractivity contribution in [2.24, 2.45) is 5.92 Å². The monoisotopic (exact) mass is 214 g/mol. The number of nitrogens with one attached hydrogen (secondary N) is 1. The van der Waals surface area contributed by atoms with Crippen LogP contribution in [0.25, 0.3) is 0 Å². The Labute approximate surface area is 93.9 Å². The first-order valence-corrected chi connectivity index (χ1v) is 6.27. The maximum Gasteiger partial charge on any atom is 0.0431 e. The van der Waals surface area contributed by atoms with Gasteiger partial charge in [0.15, 0.2) is 0 Å². The smallest absolute Gasteiger partial charge is 0.0431 e. The van der Waals surface area contributed by atoms with Gasteiger partial charge >= 0.3 is 0 Å². The molecule has 0 aliphatic carbocycles. The van der Waals surface area contributed by atoms with E-state index in [2.05, 4.69) is 17.1 Å². The van der Waals surface area contributed by atoms with Crippen molar-refractivity contribution < 1.29 is 5.11 Å². The molecule has 15 heavy (non-hydrogen) atoms. The predicted octanol–water partition coefficient (Wildman–Crippen LogP) is 1.08. The van der Waals surface area contributed by atoms with Gasteiger partial charge in [-0.15, -0.1) is 0 Å². The Morgan fingerprint density at radius 2 is 2.33 bits per heavy atom. The molecule has 2 atom stereocenters. The van der Waals surface area contributed by atoms with Gasteiger partial charge in [-0.3, -0.25) is 0 Å². The molecule has 3 nitrogen and oxygen atoms in total. The summed E-state index contributed by atoms with van der Waals surface area (Å²) < 4.78 is 0. The van der Waals surface area contributed by atoms with Crippen molar-refractivity contribution in [1.29, 1.82) is 0 Å². The first-order chi connectivity index (χ1) is 7.27. The summed E-state index contributed by atoms with van der Waals surface area (Å²) in [6, 6.07) is 0.733. The Bertz CT molecular complexity index is 164. The molecular formula is C12H26N2O. The molecule has 1 aliphatic rings. The van der Waals surface area contributed by atoms with Crippen LogP contribution in [0.2, 0.25) is 0 Å². The van der Waals surface area contributed by atoms with Crippen molar-refractivity contribution in [3.05, 3.63) is 0 Å². The van der Waals surface area contributed by atoms with E-state index in [9.17, 15) is 0 Å². The van der Waals surface area contributed by atoms with Crippen LogP contribution in [0.4, 0.5) is 0 Å². The molecule has 2 unspecified atom stereocenters. The molecule has 0 saturated carbocycles. The SMILES string of the molecule is CNCC(C)CN1CCCC1CCCO. The molecule has 0 amide bonds. The van der Waals surface area contributed by atoms with E-state index in [1.54, 1.807) is 0 Å². The maximum absolute atomic E-state index is 8.85. The van der Waals surface area contributed by atoms with Gasteiger partial charge in [0.05, 0.1) is 0 Å². The Morgan fingerprint density at radius 1 is 1.53 bits per heavy atom. The van der Waals surface area contributed by atoms with Crippen LogP contribution < -0.4 is 5.32 Å². The van der Waals surface area contributed by atoms with E-state index < -0.39 is 0 Å². The number of aliphatic hydroxyl groups excluding tert-OH is 1. The number of hydrogen-bond acceptors (Lipinski definition) is 3. The minimum Gasteiger partial charge on any atom is -0.396 e. The third-order valence-corrected chi connectivity index (χ3v) is 3.29. The van der Waals surface area contributed by atoms with Crippen molar-refractivity contribution in [2.45, 2.75) is 38.6 Å². The lowest BCUT2D eigenvalue weighted by molar-refractivity contribution is 0.194. The van der Waals surface area contributed by atoms with Gasteiger partial charge in [-0.05, 0) is 51.7 Å². The molecule has 1 saturated heterocycles. The standard InChI is InChI=1S/C12H26N2O/c1-11(9-13-2)10-14-7-3-5-12(14)6-4-8-15/h11-13,15H,3-10H2,1-2H3. The maximum atomic E-state index is 8.85. The van der Waals surface area contributed by atoms with Crippen molar-refractivity contribution in [2.75, 3.05) is 33.3 Å². The lowest BCUT2D eigenvalue weighted by Gasteiger charge is -2.27. The van der Waals surface area contributed by atoms with Crippen molar-refractivity contribution in [3.63, 3.8) is 0 Å². The first kappa shape index (κ1) is 12.9. The third-order valence-electron chi connectivity index (χ3n) is 3.29. The molecule has 0 radical (unpaired) electrons. The summed E-state index contributed by atoms with van der Waals surface area (Å²) in [6.07, 6.45) is 4.79. The molecule has 90 valence electrons. The highest BCUT2D eigenvalue weighted by Crippen LogP contribution is 2.22. The zero-order valence-electron chi connectivity index (χ0n) is 10.2. The van der Waals surface area contributed by atoms with Crippen molar-refractivity contribution in [1.82, 2.24) is 10.2 Å². The molecule has 0 spiro atoms. The highest BCUT2D eigenvalue weighted by molar-refractivity contribution is 4.80. The van der Waals surface area contributed by atoms with Gasteiger partial charge in [-0.25, -0.2) is 0 Å². The fourth-order valence-electron chi connectivity index (χ4n) is 2.60. The van der Waals surface area contributed by atoms with Crippen LogP contribution in [0, 0.1) is 5.92 Å². The van der Waals surface area contributed by atoms with Crippen molar-refractivity contribution >= 4 is 0 Å². The fraction of sp³-hybridized carbons (Fsp3) is 1.00. The molecule has 3 heteroatoms. The molecule has 0 aromatic rings. The minimum absolute atomic E-state index is 0.344. The molecule has 0 aromatic carbocycles. The summed E-state index contributed by atoms with van der Waals surface area (Å²) in [5.74, 6) is 0.727. The van der Waals surface area contributed by atoms with Crippen molar-refractivity contribution in [3.8, 4) is 0 Å². The van der Waals surface area contributed by atoms with Gasteiger partial charge in [0, 0.05) is 19.2 Å². The van der Waals surface area contributed by atoms with Crippen LogP contribution in [0.1, 0.15) is 32.6 Å². The second kappa shape index (κ2) is 7.20. The summed E-state index contributed by atoms with van der Waals surface area (Å²) in [4.78, 5) is 2.61. The summed E-state index contributed by atoms with van der Waals surface area (Å²) in [7, 11) is 2.02. The largest absolute Gasteiger partial charge is 0.396 e. The molecule has 1 rings (SSSR count). The van der Waals surface area contributed by atoms with Gasteiger partial charge in [-0.1, -0.05) is 6.92 Å². The lowest BCUT2D eigenvalue weighted by Crippen LogP contribution is -2.36. The molecular weight excluding hydrogens is 188 g/mol. The van der Waals surface area contributed by atoms with Gasteiger partial charge in [0.2, 0.25) is 0 Å². The normalized spacial score (nSPS) is 24.6. The summed E-state index contributed by atoms with van der Waals surface area (Å²) in [5, 5.41) is 12.1. The van der Waals surface area contributed by atoms with E-state index >= 15 is 0 Å². The first-order valence-electron chi connectivity index (χ1n) is 6.27. The topological polar surface area (TPSA) is 35.5 Å². The van der Waals surface area contributed by atoms with Crippen LogP contribution >= 0.6 is 0 Å². The number of rotatable bonds is 7. The predicted molar refractivity (Wildman–Crippen MR) is 64.0 cm³/mol. The summed E-state index contributed by atoms with van der Waals surface area (Å²) >= 11 is 0. The number of hydrogen-bond donors (Lipinski definition) is 2. The number of aliphatic hydroxyl groups is 1. The third kappa shape index (κ3) is 4.49. The quantitative estimate of drug-likeness (QED) is 0.665. The fourth-order valence-corrected chi connectivity index (χ4v) is 2.60. The Balaban J connectivity index is 2.26. The Morgan fingerprint density at radius 3 is 3.00 bits per heavy atom. The molecule has 1 aliphatic heterocycles. The van der Waals surface area contributed by atoms with Crippen LogP contribution in [0.3, 0.4) is 0 Å². The van der Waals surface area contributed by atoms with Gasteiger partial charge < -0.3 is 15.3 Å². The number of nitrogens with zero attached hydrogens (tertiary/aromatic N) is 1. The highest BCUT2D eigenvalue weighted by atomic mass is 16.2. The molecule has 0 bridgehead atoms. The highest BCUT2D eigenvalue weighted by Gasteiger charge is 2.24. The van der Waals surface area contributed by atoms with Crippen LogP contribution in [0.5, 0.6) is 0 Å². The molecule has 1 fully saturated rings. The number of likely N-dealkylation sites (tertiary alicyclic amines) is 1. The molecule has 0 aromatic heterocycles. The van der Waals surface area contributed by atoms with Gasteiger partial charge in [-0.2, -0.15) is 0 Å². The van der Waals surface area contributed by atoms with Gasteiger partial charge in [0.25, 0.3) is 0 Å². The zero-order valence-corrected chi connectivity index (χ0v) is 10.2. The summed E-state index contributed by atoms with van der Waals surface area (Å²) in [5.41, 5.74) is 0. The summed E-state index contributed by atoms with van der Waals surface area (Å²) in [6.45, 7) is 6.21. The molecule has 2 N–H and O–H groups in total. The average molecular weight is 214 g/mol. The van der Waals surface area contributed by atoms with Crippen LogP contribution in [0.15, 0.2) is 0 Å². The van der Waals surface area contributed by atoms with E-state index in [0.717, 1.165) is 24.9 Å². The van der Waals surface area contributed by atoms with Gasteiger partial charge in [0.1, 0.15) is 0 Å². The molecule has 1 heterocycles. The van der Waals surface area contributed by atoms with E-state index in [0.29, 0.717) is 6.61 Å². The minimum atomic E-state index is 0.344. The van der Waals surface area contributed by atoms with Crippen LogP contribution in [-0.4, -0.2) is 49.3 Å². The van der Waals surface area contributed by atoms with E-state index in [4.69, 9.17) is 5.11 Å². The van der Waals surface area contributed by atoms with E-state index in [1.165, 1.54) is 32.4 Å². The Kier molecular flexibility index (Phi) is 6.22. The average Bonchev–Trinajstić information content (AvgIpc) is 2.63. The second-order valence-corrected chi connectivity index (χ2v) is 4.82.